The minimum atomic E-state index is -0.00275. The molecule has 1 saturated carbocycles. The lowest BCUT2D eigenvalue weighted by atomic mass is 9.79. The Morgan fingerprint density at radius 2 is 2.00 bits per heavy atom. The number of hydrogen-bond donors (Lipinski definition) is 2. The van der Waals surface area contributed by atoms with Crippen LogP contribution in [0.1, 0.15) is 25.7 Å². The molecule has 116 valence electrons. The van der Waals surface area contributed by atoms with E-state index in [1.165, 1.54) is 12.8 Å². The van der Waals surface area contributed by atoms with Crippen LogP contribution in [0.2, 0.25) is 0 Å². The van der Waals surface area contributed by atoms with Crippen molar-refractivity contribution in [2.24, 2.45) is 5.41 Å². The van der Waals surface area contributed by atoms with E-state index in [9.17, 15) is 5.11 Å². The Morgan fingerprint density at radius 3 is 2.70 bits per heavy atom. The van der Waals surface area contributed by atoms with E-state index < -0.39 is 0 Å². The molecule has 3 rings (SSSR count). The van der Waals surface area contributed by atoms with Gasteiger partial charge in [0.2, 0.25) is 0 Å². The Labute approximate surface area is 121 Å². The zero-order valence-corrected chi connectivity index (χ0v) is 12.4. The fraction of sp³-hybridized carbons (Fsp3) is 1.00. The fourth-order valence-electron chi connectivity index (χ4n) is 3.35. The van der Waals surface area contributed by atoms with Gasteiger partial charge in [0.1, 0.15) is 0 Å². The third-order valence-corrected chi connectivity index (χ3v) is 4.88. The molecule has 1 atom stereocenters. The lowest BCUT2D eigenvalue weighted by Crippen LogP contribution is -2.52. The highest BCUT2D eigenvalue weighted by atomic mass is 16.5. The van der Waals surface area contributed by atoms with Gasteiger partial charge in [-0.05, 0) is 31.1 Å². The first-order valence-corrected chi connectivity index (χ1v) is 8.06. The molecule has 5 heteroatoms. The van der Waals surface area contributed by atoms with Crippen LogP contribution in [-0.2, 0) is 9.47 Å². The van der Waals surface area contributed by atoms with Crippen LogP contribution in [0, 0.1) is 5.41 Å². The van der Waals surface area contributed by atoms with Crippen LogP contribution in [0.5, 0.6) is 0 Å². The van der Waals surface area contributed by atoms with Crippen LogP contribution in [0.25, 0.3) is 0 Å². The number of rotatable bonds is 6. The highest BCUT2D eigenvalue weighted by molar-refractivity contribution is 4.91. The van der Waals surface area contributed by atoms with Crippen molar-refractivity contribution in [2.45, 2.75) is 37.8 Å². The SMILES string of the molecule is OCC1CN(CC2(CNC3CC3)CCOCC2)CCO1. The van der Waals surface area contributed by atoms with E-state index in [4.69, 9.17) is 9.47 Å². The van der Waals surface area contributed by atoms with E-state index in [2.05, 4.69) is 10.2 Å². The first-order chi connectivity index (χ1) is 9.80. The zero-order chi connectivity index (χ0) is 13.8. The standard InChI is InChI=1S/C15H28N2O3/c18-10-14-9-17(5-8-20-14)12-15(3-6-19-7-4-15)11-16-13-1-2-13/h13-14,16,18H,1-12H2. The van der Waals surface area contributed by atoms with Crippen LogP contribution >= 0.6 is 0 Å². The highest BCUT2D eigenvalue weighted by Crippen LogP contribution is 2.33. The van der Waals surface area contributed by atoms with E-state index in [0.29, 0.717) is 5.41 Å². The molecule has 0 bridgehead atoms. The molecule has 1 unspecified atom stereocenters. The summed E-state index contributed by atoms with van der Waals surface area (Å²) in [5, 5.41) is 13.0. The summed E-state index contributed by atoms with van der Waals surface area (Å²) >= 11 is 0. The normalized spacial score (nSPS) is 31.4. The van der Waals surface area contributed by atoms with E-state index in [1.807, 2.05) is 0 Å². The molecule has 5 nitrogen and oxygen atoms in total. The van der Waals surface area contributed by atoms with Crippen LogP contribution < -0.4 is 5.32 Å². The van der Waals surface area contributed by atoms with Gasteiger partial charge in [-0.15, -0.1) is 0 Å². The predicted molar refractivity (Wildman–Crippen MR) is 76.8 cm³/mol. The number of hydrogen-bond acceptors (Lipinski definition) is 5. The van der Waals surface area contributed by atoms with Crippen molar-refractivity contribution >= 4 is 0 Å². The van der Waals surface area contributed by atoms with Gasteiger partial charge in [0.05, 0.1) is 19.3 Å². The highest BCUT2D eigenvalue weighted by Gasteiger charge is 2.37. The van der Waals surface area contributed by atoms with Crippen molar-refractivity contribution in [2.75, 3.05) is 52.6 Å². The van der Waals surface area contributed by atoms with Gasteiger partial charge in [0.25, 0.3) is 0 Å². The Kier molecular flexibility index (Phi) is 4.94. The number of nitrogens with one attached hydrogen (secondary N) is 1. The van der Waals surface area contributed by atoms with Crippen LogP contribution in [-0.4, -0.2) is 74.8 Å². The molecule has 0 aromatic rings. The van der Waals surface area contributed by atoms with E-state index in [0.717, 1.165) is 64.9 Å². The van der Waals surface area contributed by atoms with Gasteiger partial charge in [-0.25, -0.2) is 0 Å². The zero-order valence-electron chi connectivity index (χ0n) is 12.4. The van der Waals surface area contributed by atoms with Crippen molar-refractivity contribution in [3.63, 3.8) is 0 Å². The summed E-state index contributed by atoms with van der Waals surface area (Å²) in [6.07, 6.45) is 4.98. The largest absolute Gasteiger partial charge is 0.394 e. The number of ether oxygens (including phenoxy) is 2. The molecule has 0 radical (unpaired) electrons. The van der Waals surface area contributed by atoms with Gasteiger partial charge >= 0.3 is 0 Å². The molecular weight excluding hydrogens is 256 g/mol. The minimum absolute atomic E-state index is 0.00275. The van der Waals surface area contributed by atoms with Gasteiger partial charge in [-0.3, -0.25) is 4.90 Å². The molecule has 0 aromatic carbocycles. The smallest absolute Gasteiger partial charge is 0.0932 e. The maximum atomic E-state index is 9.28. The molecule has 2 N–H and O–H groups in total. The van der Waals surface area contributed by atoms with Crippen molar-refractivity contribution in [3.05, 3.63) is 0 Å². The summed E-state index contributed by atoms with van der Waals surface area (Å²) in [5.41, 5.74) is 0.345. The van der Waals surface area contributed by atoms with Crippen LogP contribution in [0.15, 0.2) is 0 Å². The third kappa shape index (κ3) is 3.92. The average molecular weight is 284 g/mol. The first kappa shape index (κ1) is 14.7. The van der Waals surface area contributed by atoms with Gasteiger partial charge < -0.3 is 19.9 Å². The van der Waals surface area contributed by atoms with Crippen LogP contribution in [0.3, 0.4) is 0 Å². The van der Waals surface area contributed by atoms with Crippen molar-refractivity contribution in [1.29, 1.82) is 0 Å². The molecule has 0 aromatic heterocycles. The Hall–Kier alpha value is -0.200. The maximum Gasteiger partial charge on any atom is 0.0932 e. The quantitative estimate of drug-likeness (QED) is 0.731. The number of aliphatic hydroxyl groups excluding tert-OH is 1. The van der Waals surface area contributed by atoms with E-state index >= 15 is 0 Å². The summed E-state index contributed by atoms with van der Waals surface area (Å²) in [6.45, 7) is 6.73. The number of nitrogens with zero attached hydrogens (tertiary/aromatic N) is 1. The second-order valence-corrected chi connectivity index (χ2v) is 6.68. The molecule has 3 fully saturated rings. The van der Waals surface area contributed by atoms with Gasteiger partial charge in [-0.1, -0.05) is 0 Å². The molecule has 0 spiro atoms. The summed E-state index contributed by atoms with van der Waals surface area (Å²) < 4.78 is 11.1. The molecule has 2 heterocycles. The Morgan fingerprint density at radius 1 is 1.20 bits per heavy atom. The van der Waals surface area contributed by atoms with Gasteiger partial charge in [0.15, 0.2) is 0 Å². The van der Waals surface area contributed by atoms with Crippen molar-refractivity contribution in [1.82, 2.24) is 10.2 Å². The molecular formula is C15H28N2O3. The number of morpholine rings is 1. The summed E-state index contributed by atoms with van der Waals surface area (Å²) in [6, 6.07) is 0.768. The molecule has 2 saturated heterocycles. The van der Waals surface area contributed by atoms with Gasteiger partial charge in [0, 0.05) is 45.4 Å². The number of aliphatic hydroxyl groups is 1. The topological polar surface area (TPSA) is 54.0 Å². The average Bonchev–Trinajstić information content (AvgIpc) is 3.31. The lowest BCUT2D eigenvalue weighted by molar-refractivity contribution is -0.0744. The summed E-state index contributed by atoms with van der Waals surface area (Å²) in [4.78, 5) is 2.48. The second-order valence-electron chi connectivity index (χ2n) is 6.68. The molecule has 3 aliphatic rings. The van der Waals surface area contributed by atoms with E-state index in [1.54, 1.807) is 0 Å². The molecule has 2 aliphatic heterocycles. The minimum Gasteiger partial charge on any atom is -0.394 e. The van der Waals surface area contributed by atoms with Crippen molar-refractivity contribution < 1.29 is 14.6 Å². The fourth-order valence-corrected chi connectivity index (χ4v) is 3.35. The lowest BCUT2D eigenvalue weighted by Gasteiger charge is -2.43. The predicted octanol–water partition coefficient (Wildman–Crippen LogP) is 0.228. The Balaban J connectivity index is 1.56. The Bertz CT molecular complexity index is 303. The molecule has 20 heavy (non-hydrogen) atoms. The van der Waals surface area contributed by atoms with Crippen LogP contribution in [0.4, 0.5) is 0 Å². The molecule has 1 aliphatic carbocycles. The third-order valence-electron chi connectivity index (χ3n) is 4.88. The second kappa shape index (κ2) is 6.71. The van der Waals surface area contributed by atoms with E-state index in [-0.39, 0.29) is 12.7 Å². The monoisotopic (exact) mass is 284 g/mol. The van der Waals surface area contributed by atoms with Gasteiger partial charge in [-0.2, -0.15) is 0 Å². The van der Waals surface area contributed by atoms with Crippen molar-refractivity contribution in [3.8, 4) is 0 Å². The first-order valence-electron chi connectivity index (χ1n) is 8.06. The maximum absolute atomic E-state index is 9.28. The molecule has 0 amide bonds. The summed E-state index contributed by atoms with van der Waals surface area (Å²) in [5.74, 6) is 0. The summed E-state index contributed by atoms with van der Waals surface area (Å²) in [7, 11) is 0.